The minimum Gasteiger partial charge on any atom is -0.365 e. The second-order valence-corrected chi connectivity index (χ2v) is 4.30. The topological polar surface area (TPSA) is 64.4 Å². The third-order valence-electron chi connectivity index (χ3n) is 2.95. The van der Waals surface area contributed by atoms with Crippen LogP contribution in [0.4, 0.5) is 0 Å². The van der Waals surface area contributed by atoms with Crippen LogP contribution in [-0.2, 0) is 9.53 Å². The van der Waals surface area contributed by atoms with E-state index in [-0.39, 0.29) is 11.9 Å². The first kappa shape index (κ1) is 11.1. The predicted molar refractivity (Wildman–Crippen MR) is 56.7 cm³/mol. The fraction of sp³-hybridized carbons (Fsp3) is 0.636. The van der Waals surface area contributed by atoms with Gasteiger partial charge in [-0.1, -0.05) is 5.16 Å². The molecule has 1 saturated heterocycles. The van der Waals surface area contributed by atoms with Gasteiger partial charge in [0.05, 0.1) is 6.04 Å². The molecule has 0 bridgehead atoms. The normalized spacial score (nSPS) is 26.6. The SMILES string of the molecule is CC(NC(=O)C1(C)CCCO1)c1ccon1. The van der Waals surface area contributed by atoms with Gasteiger partial charge in [-0.05, 0) is 26.7 Å². The minimum absolute atomic E-state index is 0.0829. The molecule has 5 nitrogen and oxygen atoms in total. The van der Waals surface area contributed by atoms with E-state index in [0.29, 0.717) is 6.61 Å². The molecule has 0 spiro atoms. The van der Waals surface area contributed by atoms with Gasteiger partial charge >= 0.3 is 0 Å². The molecule has 1 amide bonds. The molecule has 88 valence electrons. The number of carbonyl (C=O) groups is 1. The van der Waals surface area contributed by atoms with E-state index in [4.69, 9.17) is 9.26 Å². The Balaban J connectivity index is 1.97. The van der Waals surface area contributed by atoms with Crippen molar-refractivity contribution in [2.24, 2.45) is 0 Å². The second kappa shape index (κ2) is 4.25. The molecule has 2 atom stereocenters. The Hall–Kier alpha value is -1.36. The van der Waals surface area contributed by atoms with Crippen molar-refractivity contribution < 1.29 is 14.1 Å². The van der Waals surface area contributed by atoms with E-state index in [1.54, 1.807) is 6.07 Å². The highest BCUT2D eigenvalue weighted by molar-refractivity contribution is 5.85. The standard InChI is InChI=1S/C11H16N2O3/c1-8(9-4-7-16-13-9)12-10(14)11(2)5-3-6-15-11/h4,7-8H,3,5-6H2,1-2H3,(H,12,14). The molecule has 1 aromatic heterocycles. The van der Waals surface area contributed by atoms with Gasteiger partial charge in [0.1, 0.15) is 17.6 Å². The van der Waals surface area contributed by atoms with Crippen LogP contribution >= 0.6 is 0 Å². The fourth-order valence-electron chi connectivity index (χ4n) is 1.83. The van der Waals surface area contributed by atoms with Crippen molar-refractivity contribution in [1.82, 2.24) is 10.5 Å². The maximum atomic E-state index is 12.0. The quantitative estimate of drug-likeness (QED) is 0.843. The summed E-state index contributed by atoms with van der Waals surface area (Å²) >= 11 is 0. The molecule has 2 heterocycles. The smallest absolute Gasteiger partial charge is 0.252 e. The fourth-order valence-corrected chi connectivity index (χ4v) is 1.83. The van der Waals surface area contributed by atoms with Crippen molar-refractivity contribution >= 4 is 5.91 Å². The number of nitrogens with one attached hydrogen (secondary N) is 1. The van der Waals surface area contributed by atoms with Crippen LogP contribution in [0.25, 0.3) is 0 Å². The van der Waals surface area contributed by atoms with Crippen LogP contribution < -0.4 is 5.32 Å². The molecule has 1 N–H and O–H groups in total. The summed E-state index contributed by atoms with van der Waals surface area (Å²) in [6.07, 6.45) is 3.19. The molecule has 2 rings (SSSR count). The van der Waals surface area contributed by atoms with E-state index in [9.17, 15) is 4.79 Å². The van der Waals surface area contributed by atoms with Crippen LogP contribution in [0, 0.1) is 0 Å². The molecule has 1 aromatic rings. The predicted octanol–water partition coefficient (Wildman–Crippen LogP) is 1.42. The van der Waals surface area contributed by atoms with Gasteiger partial charge < -0.3 is 14.6 Å². The third-order valence-corrected chi connectivity index (χ3v) is 2.95. The highest BCUT2D eigenvalue weighted by Gasteiger charge is 2.38. The zero-order valence-electron chi connectivity index (χ0n) is 9.53. The lowest BCUT2D eigenvalue weighted by atomic mass is 10.0. The van der Waals surface area contributed by atoms with E-state index in [1.807, 2.05) is 13.8 Å². The number of aromatic nitrogens is 1. The molecule has 1 fully saturated rings. The Kier molecular flexibility index (Phi) is 2.96. The largest absolute Gasteiger partial charge is 0.365 e. The highest BCUT2D eigenvalue weighted by atomic mass is 16.5. The summed E-state index contributed by atoms with van der Waals surface area (Å²) in [6, 6.07) is 1.58. The Morgan fingerprint density at radius 3 is 3.06 bits per heavy atom. The van der Waals surface area contributed by atoms with Crippen LogP contribution in [0.5, 0.6) is 0 Å². The summed E-state index contributed by atoms with van der Waals surface area (Å²) in [5.74, 6) is -0.0829. The molecular weight excluding hydrogens is 208 g/mol. The van der Waals surface area contributed by atoms with Crippen LogP contribution in [0.2, 0.25) is 0 Å². The average molecular weight is 224 g/mol. The summed E-state index contributed by atoms with van der Waals surface area (Å²) in [5.41, 5.74) is 0.0350. The van der Waals surface area contributed by atoms with Crippen molar-refractivity contribution in [3.63, 3.8) is 0 Å². The highest BCUT2D eigenvalue weighted by Crippen LogP contribution is 2.26. The zero-order chi connectivity index (χ0) is 11.6. The molecule has 0 aromatic carbocycles. The number of hydrogen-bond donors (Lipinski definition) is 1. The Morgan fingerprint density at radius 1 is 1.69 bits per heavy atom. The van der Waals surface area contributed by atoms with E-state index >= 15 is 0 Å². The molecular formula is C11H16N2O3. The first-order chi connectivity index (χ1) is 7.62. The van der Waals surface area contributed by atoms with E-state index < -0.39 is 5.60 Å². The molecule has 0 aliphatic carbocycles. The number of ether oxygens (including phenoxy) is 1. The van der Waals surface area contributed by atoms with Gasteiger partial charge in [-0.3, -0.25) is 4.79 Å². The third kappa shape index (κ3) is 2.09. The van der Waals surface area contributed by atoms with Gasteiger partial charge in [0.2, 0.25) is 0 Å². The van der Waals surface area contributed by atoms with Crippen molar-refractivity contribution in [2.75, 3.05) is 6.61 Å². The van der Waals surface area contributed by atoms with Gasteiger partial charge in [-0.15, -0.1) is 0 Å². The van der Waals surface area contributed by atoms with E-state index in [0.717, 1.165) is 18.5 Å². The monoisotopic (exact) mass is 224 g/mol. The van der Waals surface area contributed by atoms with Gasteiger partial charge in [-0.2, -0.15) is 0 Å². The second-order valence-electron chi connectivity index (χ2n) is 4.30. The molecule has 0 radical (unpaired) electrons. The molecule has 1 aliphatic rings. The van der Waals surface area contributed by atoms with E-state index in [2.05, 4.69) is 10.5 Å². The van der Waals surface area contributed by atoms with Crippen LogP contribution in [0.3, 0.4) is 0 Å². The summed E-state index contributed by atoms with van der Waals surface area (Å²) < 4.78 is 10.2. The van der Waals surface area contributed by atoms with E-state index in [1.165, 1.54) is 6.26 Å². The van der Waals surface area contributed by atoms with Crippen LogP contribution in [0.15, 0.2) is 16.9 Å². The van der Waals surface area contributed by atoms with Crippen molar-refractivity contribution in [1.29, 1.82) is 0 Å². The lowest BCUT2D eigenvalue weighted by Crippen LogP contribution is -2.44. The lowest BCUT2D eigenvalue weighted by molar-refractivity contribution is -0.140. The molecule has 0 saturated carbocycles. The maximum absolute atomic E-state index is 12.0. The number of amides is 1. The van der Waals surface area contributed by atoms with Crippen molar-refractivity contribution in [3.05, 3.63) is 18.0 Å². The van der Waals surface area contributed by atoms with Crippen LogP contribution in [0.1, 0.15) is 38.4 Å². The molecule has 1 aliphatic heterocycles. The summed E-state index contributed by atoms with van der Waals surface area (Å²) in [7, 11) is 0. The van der Waals surface area contributed by atoms with Gasteiger partial charge in [0, 0.05) is 12.7 Å². The van der Waals surface area contributed by atoms with Gasteiger partial charge in [0.15, 0.2) is 0 Å². The van der Waals surface area contributed by atoms with Gasteiger partial charge in [0.25, 0.3) is 5.91 Å². The van der Waals surface area contributed by atoms with Crippen LogP contribution in [-0.4, -0.2) is 23.3 Å². The summed E-state index contributed by atoms with van der Waals surface area (Å²) in [6.45, 7) is 4.35. The first-order valence-corrected chi connectivity index (χ1v) is 5.47. The van der Waals surface area contributed by atoms with Crippen molar-refractivity contribution in [2.45, 2.75) is 38.3 Å². The van der Waals surface area contributed by atoms with Gasteiger partial charge in [-0.25, -0.2) is 0 Å². The van der Waals surface area contributed by atoms with Crippen molar-refractivity contribution in [3.8, 4) is 0 Å². The molecule has 5 heteroatoms. The molecule has 16 heavy (non-hydrogen) atoms. The average Bonchev–Trinajstić information content (AvgIpc) is 2.88. The number of hydrogen-bond acceptors (Lipinski definition) is 4. The Bertz CT molecular complexity index is 355. The maximum Gasteiger partial charge on any atom is 0.252 e. The minimum atomic E-state index is -0.683. The zero-order valence-corrected chi connectivity index (χ0v) is 9.53. The number of rotatable bonds is 3. The Labute approximate surface area is 94.1 Å². The lowest BCUT2D eigenvalue weighted by Gasteiger charge is -2.23. The number of nitrogens with zero attached hydrogens (tertiary/aromatic N) is 1. The summed E-state index contributed by atoms with van der Waals surface area (Å²) in [4.78, 5) is 12.0. The number of carbonyl (C=O) groups excluding carboxylic acids is 1. The summed E-state index contributed by atoms with van der Waals surface area (Å²) in [5, 5.41) is 6.67. The molecule has 2 unspecified atom stereocenters. The Morgan fingerprint density at radius 2 is 2.50 bits per heavy atom. The first-order valence-electron chi connectivity index (χ1n) is 5.47.